The van der Waals surface area contributed by atoms with Crippen LogP contribution < -0.4 is 4.74 Å². The quantitative estimate of drug-likeness (QED) is 0.787. The standard InChI is InChI=1S/C10H9ClN2O2/c1-6-3-4-8(14-2)7(5-6)9-12-13-10(11)15-9/h3-5H,1-2H3. The van der Waals surface area contributed by atoms with Crippen molar-refractivity contribution in [3.05, 3.63) is 29.1 Å². The summed E-state index contributed by atoms with van der Waals surface area (Å²) in [7, 11) is 1.59. The van der Waals surface area contributed by atoms with Gasteiger partial charge in [-0.25, -0.2) is 0 Å². The fourth-order valence-electron chi connectivity index (χ4n) is 1.30. The van der Waals surface area contributed by atoms with Crippen molar-refractivity contribution in [2.75, 3.05) is 7.11 Å². The summed E-state index contributed by atoms with van der Waals surface area (Å²) in [4.78, 5) is 0. The molecule has 5 heteroatoms. The Morgan fingerprint density at radius 1 is 1.33 bits per heavy atom. The summed E-state index contributed by atoms with van der Waals surface area (Å²) in [5.41, 5.74) is 1.83. The zero-order valence-corrected chi connectivity index (χ0v) is 9.08. The van der Waals surface area contributed by atoms with Crippen LogP contribution in [-0.4, -0.2) is 17.3 Å². The van der Waals surface area contributed by atoms with Crippen molar-refractivity contribution >= 4 is 11.6 Å². The summed E-state index contributed by atoms with van der Waals surface area (Å²) < 4.78 is 10.3. The van der Waals surface area contributed by atoms with Gasteiger partial charge in [-0.3, -0.25) is 0 Å². The van der Waals surface area contributed by atoms with Crippen molar-refractivity contribution in [1.82, 2.24) is 10.2 Å². The molecule has 15 heavy (non-hydrogen) atoms. The van der Waals surface area contributed by atoms with Gasteiger partial charge in [-0.05, 0) is 30.7 Å². The van der Waals surface area contributed by atoms with Gasteiger partial charge in [0.1, 0.15) is 5.75 Å². The highest BCUT2D eigenvalue weighted by Gasteiger charge is 2.12. The third-order valence-corrected chi connectivity index (χ3v) is 2.14. The molecule has 1 aromatic heterocycles. The summed E-state index contributed by atoms with van der Waals surface area (Å²) in [5, 5.41) is 7.42. The number of hydrogen-bond acceptors (Lipinski definition) is 4. The summed E-state index contributed by atoms with van der Waals surface area (Å²) in [6.07, 6.45) is 0. The number of rotatable bonds is 2. The molecule has 78 valence electrons. The molecule has 1 aromatic carbocycles. The maximum absolute atomic E-state index is 5.56. The molecule has 0 bridgehead atoms. The van der Waals surface area contributed by atoms with Gasteiger partial charge in [0.05, 0.1) is 12.7 Å². The second kappa shape index (κ2) is 3.90. The van der Waals surface area contributed by atoms with Gasteiger partial charge in [0.2, 0.25) is 0 Å². The van der Waals surface area contributed by atoms with Gasteiger partial charge in [-0.1, -0.05) is 16.7 Å². The number of ether oxygens (including phenoxy) is 1. The summed E-state index contributed by atoms with van der Waals surface area (Å²) in [5.74, 6) is 1.04. The first-order valence-corrected chi connectivity index (χ1v) is 4.72. The Balaban J connectivity index is 2.55. The molecule has 0 aliphatic heterocycles. The van der Waals surface area contributed by atoms with E-state index in [-0.39, 0.29) is 5.35 Å². The van der Waals surface area contributed by atoms with E-state index in [0.717, 1.165) is 11.1 Å². The van der Waals surface area contributed by atoms with Crippen LogP contribution in [-0.2, 0) is 0 Å². The van der Waals surface area contributed by atoms with Gasteiger partial charge in [-0.2, -0.15) is 0 Å². The average Bonchev–Trinajstić information content (AvgIpc) is 2.65. The maximum Gasteiger partial charge on any atom is 0.313 e. The lowest BCUT2D eigenvalue weighted by Crippen LogP contribution is -1.88. The van der Waals surface area contributed by atoms with Gasteiger partial charge >= 0.3 is 5.35 Å². The van der Waals surface area contributed by atoms with Crippen molar-refractivity contribution in [2.24, 2.45) is 0 Å². The van der Waals surface area contributed by atoms with E-state index in [2.05, 4.69) is 10.2 Å². The molecule has 0 atom stereocenters. The topological polar surface area (TPSA) is 48.2 Å². The van der Waals surface area contributed by atoms with Crippen LogP contribution in [0.3, 0.4) is 0 Å². The molecule has 0 radical (unpaired) electrons. The predicted octanol–water partition coefficient (Wildman–Crippen LogP) is 2.71. The van der Waals surface area contributed by atoms with E-state index in [1.54, 1.807) is 7.11 Å². The minimum Gasteiger partial charge on any atom is -0.496 e. The molecule has 0 N–H and O–H groups in total. The molecular weight excluding hydrogens is 216 g/mol. The Hall–Kier alpha value is -1.55. The van der Waals surface area contributed by atoms with Crippen molar-refractivity contribution in [3.8, 4) is 17.2 Å². The average molecular weight is 225 g/mol. The third-order valence-electron chi connectivity index (χ3n) is 1.99. The van der Waals surface area contributed by atoms with Crippen LogP contribution in [0.2, 0.25) is 5.35 Å². The van der Waals surface area contributed by atoms with Crippen LogP contribution in [0.25, 0.3) is 11.5 Å². The molecule has 0 amide bonds. The SMILES string of the molecule is COc1ccc(C)cc1-c1nnc(Cl)o1. The predicted molar refractivity (Wildman–Crippen MR) is 56.0 cm³/mol. The Morgan fingerprint density at radius 3 is 2.73 bits per heavy atom. The molecule has 0 saturated carbocycles. The van der Waals surface area contributed by atoms with E-state index in [1.165, 1.54) is 0 Å². The van der Waals surface area contributed by atoms with Gasteiger partial charge in [0, 0.05) is 0 Å². The Bertz CT molecular complexity index is 482. The molecule has 0 aliphatic rings. The lowest BCUT2D eigenvalue weighted by molar-refractivity contribution is 0.414. The van der Waals surface area contributed by atoms with E-state index in [4.69, 9.17) is 20.8 Å². The molecule has 0 saturated heterocycles. The number of hydrogen-bond donors (Lipinski definition) is 0. The van der Waals surface area contributed by atoms with E-state index in [1.807, 2.05) is 25.1 Å². The van der Waals surface area contributed by atoms with E-state index in [9.17, 15) is 0 Å². The monoisotopic (exact) mass is 224 g/mol. The first-order valence-electron chi connectivity index (χ1n) is 4.34. The number of nitrogens with zero attached hydrogens (tertiary/aromatic N) is 2. The highest BCUT2D eigenvalue weighted by atomic mass is 35.5. The van der Waals surface area contributed by atoms with Crippen LogP contribution in [0.1, 0.15) is 5.56 Å². The van der Waals surface area contributed by atoms with Crippen molar-refractivity contribution < 1.29 is 9.15 Å². The highest BCUT2D eigenvalue weighted by Crippen LogP contribution is 2.30. The van der Waals surface area contributed by atoms with Gasteiger partial charge < -0.3 is 9.15 Å². The molecule has 2 aromatic rings. The summed E-state index contributed by atoms with van der Waals surface area (Å²) >= 11 is 5.56. The van der Waals surface area contributed by atoms with Crippen molar-refractivity contribution in [3.63, 3.8) is 0 Å². The van der Waals surface area contributed by atoms with E-state index < -0.39 is 0 Å². The lowest BCUT2D eigenvalue weighted by Gasteiger charge is -2.05. The highest BCUT2D eigenvalue weighted by molar-refractivity contribution is 6.27. The lowest BCUT2D eigenvalue weighted by atomic mass is 10.1. The zero-order valence-electron chi connectivity index (χ0n) is 8.32. The Kier molecular flexibility index (Phi) is 2.60. The fraction of sp³-hybridized carbons (Fsp3) is 0.200. The van der Waals surface area contributed by atoms with Crippen LogP contribution in [0.5, 0.6) is 5.75 Å². The minimum absolute atomic E-state index is 0.0218. The molecule has 2 rings (SSSR count). The summed E-state index contributed by atoms with van der Waals surface area (Å²) in [6, 6.07) is 5.70. The third kappa shape index (κ3) is 1.94. The molecule has 0 fully saturated rings. The molecule has 1 heterocycles. The number of aromatic nitrogens is 2. The largest absolute Gasteiger partial charge is 0.496 e. The van der Waals surface area contributed by atoms with E-state index >= 15 is 0 Å². The van der Waals surface area contributed by atoms with Crippen molar-refractivity contribution in [2.45, 2.75) is 6.92 Å². The second-order valence-electron chi connectivity index (χ2n) is 3.06. The van der Waals surface area contributed by atoms with Crippen molar-refractivity contribution in [1.29, 1.82) is 0 Å². The first kappa shape index (κ1) is 9.98. The maximum atomic E-state index is 5.56. The number of methoxy groups -OCH3 is 1. The second-order valence-corrected chi connectivity index (χ2v) is 3.39. The number of aryl methyl sites for hydroxylation is 1. The molecule has 0 aliphatic carbocycles. The zero-order chi connectivity index (χ0) is 10.8. The fourth-order valence-corrected chi connectivity index (χ4v) is 1.41. The van der Waals surface area contributed by atoms with Crippen LogP contribution in [0.4, 0.5) is 0 Å². The number of benzene rings is 1. The van der Waals surface area contributed by atoms with Crippen LogP contribution in [0, 0.1) is 6.92 Å². The van der Waals surface area contributed by atoms with Gasteiger partial charge in [0.15, 0.2) is 0 Å². The Labute approximate surface area is 91.8 Å². The van der Waals surface area contributed by atoms with E-state index in [0.29, 0.717) is 11.6 Å². The van der Waals surface area contributed by atoms with Gasteiger partial charge in [0.25, 0.3) is 5.89 Å². The molecule has 0 spiro atoms. The smallest absolute Gasteiger partial charge is 0.313 e. The summed E-state index contributed by atoms with van der Waals surface area (Å²) in [6.45, 7) is 1.97. The first-order chi connectivity index (χ1) is 7.20. The molecule has 4 nitrogen and oxygen atoms in total. The molecular formula is C10H9ClN2O2. The number of halogens is 1. The minimum atomic E-state index is 0.0218. The van der Waals surface area contributed by atoms with Crippen LogP contribution >= 0.6 is 11.6 Å². The normalized spacial score (nSPS) is 10.3. The Morgan fingerprint density at radius 2 is 2.13 bits per heavy atom. The van der Waals surface area contributed by atoms with Gasteiger partial charge in [-0.15, -0.1) is 5.10 Å². The molecule has 0 unspecified atom stereocenters. The van der Waals surface area contributed by atoms with Crippen LogP contribution in [0.15, 0.2) is 22.6 Å².